The van der Waals surface area contributed by atoms with Crippen molar-refractivity contribution >= 4 is 23.2 Å². The second-order valence-electron chi connectivity index (χ2n) is 4.41. The second-order valence-corrected chi connectivity index (χ2v) is 5.25. The number of hydrogen-bond donors (Lipinski definition) is 1. The fraction of sp³-hybridized carbons (Fsp3) is 0.538. The Morgan fingerprint density at radius 2 is 1.94 bits per heavy atom. The van der Waals surface area contributed by atoms with E-state index in [4.69, 9.17) is 27.9 Å². The van der Waals surface area contributed by atoms with Crippen LogP contribution in [0, 0.1) is 5.92 Å². The first-order chi connectivity index (χ1) is 8.00. The minimum absolute atomic E-state index is 0.480. The molecule has 4 heteroatoms. The highest BCUT2D eigenvalue weighted by molar-refractivity contribution is 6.34. The third-order valence-corrected chi connectivity index (χ3v) is 3.27. The van der Waals surface area contributed by atoms with Gasteiger partial charge in [0.15, 0.2) is 0 Å². The van der Waals surface area contributed by atoms with Crippen LogP contribution in [0.5, 0.6) is 5.75 Å². The lowest BCUT2D eigenvalue weighted by Crippen LogP contribution is -2.33. The van der Waals surface area contributed by atoms with E-state index in [0.29, 0.717) is 34.4 Å². The Morgan fingerprint density at radius 3 is 2.59 bits per heavy atom. The van der Waals surface area contributed by atoms with Gasteiger partial charge in [-0.15, -0.1) is 0 Å². The molecule has 0 radical (unpaired) electrons. The number of benzene rings is 1. The standard InChI is InChI=1S/C13H19Cl2NO/c1-9(2)10(3)16-6-7-17-13-8-11(14)4-5-12(13)15/h4-5,8-10,16H,6-7H2,1-3H3. The Hall–Kier alpha value is -0.440. The molecule has 1 unspecified atom stereocenters. The molecule has 17 heavy (non-hydrogen) atoms. The molecule has 0 saturated heterocycles. The van der Waals surface area contributed by atoms with Gasteiger partial charge in [0, 0.05) is 23.7 Å². The summed E-state index contributed by atoms with van der Waals surface area (Å²) in [7, 11) is 0. The maximum Gasteiger partial charge on any atom is 0.139 e. The lowest BCUT2D eigenvalue weighted by molar-refractivity contribution is 0.297. The highest BCUT2D eigenvalue weighted by Gasteiger charge is 2.06. The zero-order valence-electron chi connectivity index (χ0n) is 10.5. The predicted octanol–water partition coefficient (Wildman–Crippen LogP) is 4.01. The van der Waals surface area contributed by atoms with Crippen LogP contribution in [0.25, 0.3) is 0 Å². The van der Waals surface area contributed by atoms with Crippen molar-refractivity contribution in [3.63, 3.8) is 0 Å². The van der Waals surface area contributed by atoms with Crippen molar-refractivity contribution in [2.45, 2.75) is 26.8 Å². The second kappa shape index (κ2) is 7.10. The van der Waals surface area contributed by atoms with Crippen LogP contribution in [0.15, 0.2) is 18.2 Å². The molecule has 96 valence electrons. The molecule has 0 fully saturated rings. The van der Waals surface area contributed by atoms with E-state index in [1.165, 1.54) is 0 Å². The summed E-state index contributed by atoms with van der Waals surface area (Å²) in [5.41, 5.74) is 0. The average Bonchev–Trinajstić information content (AvgIpc) is 2.28. The van der Waals surface area contributed by atoms with Crippen LogP contribution in [0.1, 0.15) is 20.8 Å². The molecule has 1 aromatic rings. The molecule has 1 N–H and O–H groups in total. The Balaban J connectivity index is 2.33. The van der Waals surface area contributed by atoms with E-state index in [1.807, 2.05) is 0 Å². The van der Waals surface area contributed by atoms with Crippen LogP contribution < -0.4 is 10.1 Å². The monoisotopic (exact) mass is 275 g/mol. The molecule has 0 aromatic heterocycles. The predicted molar refractivity (Wildman–Crippen MR) is 74.3 cm³/mol. The molecule has 0 aliphatic rings. The van der Waals surface area contributed by atoms with Crippen molar-refractivity contribution in [3.05, 3.63) is 28.2 Å². The fourth-order valence-electron chi connectivity index (χ4n) is 1.27. The van der Waals surface area contributed by atoms with E-state index < -0.39 is 0 Å². The van der Waals surface area contributed by atoms with Gasteiger partial charge in [0.25, 0.3) is 0 Å². The average molecular weight is 276 g/mol. The molecule has 1 atom stereocenters. The van der Waals surface area contributed by atoms with Gasteiger partial charge in [0.2, 0.25) is 0 Å². The van der Waals surface area contributed by atoms with Gasteiger partial charge in [0.05, 0.1) is 5.02 Å². The number of hydrogen-bond acceptors (Lipinski definition) is 2. The van der Waals surface area contributed by atoms with E-state index in [-0.39, 0.29) is 0 Å². The number of ether oxygens (including phenoxy) is 1. The largest absolute Gasteiger partial charge is 0.491 e. The van der Waals surface area contributed by atoms with Crippen LogP contribution in [0.4, 0.5) is 0 Å². The van der Waals surface area contributed by atoms with E-state index >= 15 is 0 Å². The highest BCUT2D eigenvalue weighted by atomic mass is 35.5. The van der Waals surface area contributed by atoms with Gasteiger partial charge in [-0.2, -0.15) is 0 Å². The van der Waals surface area contributed by atoms with Crippen molar-refractivity contribution in [1.82, 2.24) is 5.32 Å². The summed E-state index contributed by atoms with van der Waals surface area (Å²) >= 11 is 11.9. The zero-order chi connectivity index (χ0) is 12.8. The molecular weight excluding hydrogens is 257 g/mol. The van der Waals surface area contributed by atoms with E-state index in [9.17, 15) is 0 Å². The van der Waals surface area contributed by atoms with Gasteiger partial charge < -0.3 is 10.1 Å². The summed E-state index contributed by atoms with van der Waals surface area (Å²) in [6.45, 7) is 7.91. The highest BCUT2D eigenvalue weighted by Crippen LogP contribution is 2.27. The molecule has 1 rings (SSSR count). The third kappa shape index (κ3) is 5.15. The van der Waals surface area contributed by atoms with Gasteiger partial charge in [0.1, 0.15) is 12.4 Å². The minimum Gasteiger partial charge on any atom is -0.491 e. The zero-order valence-corrected chi connectivity index (χ0v) is 12.0. The molecule has 0 spiro atoms. The fourth-order valence-corrected chi connectivity index (χ4v) is 1.61. The molecule has 0 heterocycles. The maximum atomic E-state index is 5.98. The van der Waals surface area contributed by atoms with E-state index in [1.54, 1.807) is 18.2 Å². The number of nitrogens with one attached hydrogen (secondary N) is 1. The molecule has 0 aliphatic carbocycles. The maximum absolute atomic E-state index is 5.98. The molecule has 0 aliphatic heterocycles. The number of halogens is 2. The molecule has 0 amide bonds. The lowest BCUT2D eigenvalue weighted by atomic mass is 10.1. The SMILES string of the molecule is CC(C)C(C)NCCOc1cc(Cl)ccc1Cl. The summed E-state index contributed by atoms with van der Waals surface area (Å²) in [6.07, 6.45) is 0. The Kier molecular flexibility index (Phi) is 6.10. The van der Waals surface area contributed by atoms with Crippen LogP contribution >= 0.6 is 23.2 Å². The van der Waals surface area contributed by atoms with Gasteiger partial charge in [-0.05, 0) is 25.0 Å². The Morgan fingerprint density at radius 1 is 1.24 bits per heavy atom. The van der Waals surface area contributed by atoms with Gasteiger partial charge in [-0.25, -0.2) is 0 Å². The third-order valence-electron chi connectivity index (χ3n) is 2.72. The van der Waals surface area contributed by atoms with Gasteiger partial charge >= 0.3 is 0 Å². The van der Waals surface area contributed by atoms with Crippen LogP contribution in [-0.4, -0.2) is 19.2 Å². The van der Waals surface area contributed by atoms with E-state index in [2.05, 4.69) is 26.1 Å². The molecule has 2 nitrogen and oxygen atoms in total. The van der Waals surface area contributed by atoms with Crippen molar-refractivity contribution in [2.24, 2.45) is 5.92 Å². The summed E-state index contributed by atoms with van der Waals surface area (Å²) in [6, 6.07) is 5.70. The van der Waals surface area contributed by atoms with Crippen LogP contribution in [0.2, 0.25) is 10.0 Å². The quantitative estimate of drug-likeness (QED) is 0.793. The topological polar surface area (TPSA) is 21.3 Å². The van der Waals surface area contributed by atoms with Crippen LogP contribution in [0.3, 0.4) is 0 Å². The normalized spacial score (nSPS) is 12.8. The summed E-state index contributed by atoms with van der Waals surface area (Å²) < 4.78 is 5.57. The summed E-state index contributed by atoms with van der Waals surface area (Å²) in [5.74, 6) is 1.25. The van der Waals surface area contributed by atoms with Gasteiger partial charge in [-0.3, -0.25) is 0 Å². The molecule has 0 bridgehead atoms. The summed E-state index contributed by atoms with van der Waals surface area (Å²) in [5, 5.41) is 4.61. The van der Waals surface area contributed by atoms with Crippen molar-refractivity contribution < 1.29 is 4.74 Å². The van der Waals surface area contributed by atoms with Crippen molar-refractivity contribution in [2.75, 3.05) is 13.2 Å². The first kappa shape index (κ1) is 14.6. The van der Waals surface area contributed by atoms with Crippen molar-refractivity contribution in [1.29, 1.82) is 0 Å². The van der Waals surface area contributed by atoms with E-state index in [0.717, 1.165) is 6.54 Å². The number of rotatable bonds is 6. The summed E-state index contributed by atoms with van der Waals surface area (Å²) in [4.78, 5) is 0. The van der Waals surface area contributed by atoms with Crippen LogP contribution in [-0.2, 0) is 0 Å². The Labute approximate surface area is 113 Å². The smallest absolute Gasteiger partial charge is 0.139 e. The first-order valence-electron chi connectivity index (χ1n) is 5.82. The Bertz CT molecular complexity index is 355. The lowest BCUT2D eigenvalue weighted by Gasteiger charge is -2.17. The molecule has 1 aromatic carbocycles. The first-order valence-corrected chi connectivity index (χ1v) is 6.57. The molecular formula is C13H19Cl2NO. The van der Waals surface area contributed by atoms with Crippen molar-refractivity contribution in [3.8, 4) is 5.75 Å². The van der Waals surface area contributed by atoms with Gasteiger partial charge in [-0.1, -0.05) is 37.0 Å². The molecule has 0 saturated carbocycles. The minimum atomic E-state index is 0.480.